The highest BCUT2D eigenvalue weighted by atomic mass is 16.5. The molecular formula is C10H19N5O. The van der Waals surface area contributed by atoms with Crippen LogP contribution in [0.15, 0.2) is 0 Å². The molecule has 0 bridgehead atoms. The Bertz CT molecular complexity index is 318. The molecule has 16 heavy (non-hydrogen) atoms. The van der Waals surface area contributed by atoms with Crippen molar-refractivity contribution in [1.29, 1.82) is 0 Å². The molecule has 1 rings (SSSR count). The predicted molar refractivity (Wildman–Crippen MR) is 62.5 cm³/mol. The SMILES string of the molecule is COCCNCCNc1nnc(C)c(C)n1. The molecule has 0 saturated heterocycles. The minimum Gasteiger partial charge on any atom is -0.383 e. The first-order valence-corrected chi connectivity index (χ1v) is 5.35. The Morgan fingerprint density at radius 3 is 2.56 bits per heavy atom. The van der Waals surface area contributed by atoms with E-state index in [0.717, 1.165) is 37.6 Å². The number of nitrogens with zero attached hydrogens (tertiary/aromatic N) is 3. The molecule has 90 valence electrons. The Hall–Kier alpha value is -1.27. The van der Waals surface area contributed by atoms with E-state index < -0.39 is 0 Å². The minimum absolute atomic E-state index is 0.580. The molecule has 0 aliphatic rings. The molecule has 1 aromatic heterocycles. The first-order valence-electron chi connectivity index (χ1n) is 5.35. The summed E-state index contributed by atoms with van der Waals surface area (Å²) in [5, 5.41) is 14.3. The number of aryl methyl sites for hydroxylation is 2. The van der Waals surface area contributed by atoms with E-state index in [2.05, 4.69) is 25.8 Å². The highest BCUT2D eigenvalue weighted by Gasteiger charge is 1.99. The molecule has 0 saturated carbocycles. The van der Waals surface area contributed by atoms with Crippen LogP contribution in [0.2, 0.25) is 0 Å². The van der Waals surface area contributed by atoms with E-state index in [4.69, 9.17) is 4.74 Å². The van der Waals surface area contributed by atoms with E-state index >= 15 is 0 Å². The van der Waals surface area contributed by atoms with Crippen molar-refractivity contribution in [1.82, 2.24) is 20.5 Å². The lowest BCUT2D eigenvalue weighted by Gasteiger charge is -2.06. The summed E-state index contributed by atoms with van der Waals surface area (Å²) in [5.74, 6) is 0.580. The van der Waals surface area contributed by atoms with Gasteiger partial charge in [-0.2, -0.15) is 5.10 Å². The van der Waals surface area contributed by atoms with Crippen LogP contribution in [-0.4, -0.2) is 48.5 Å². The lowest BCUT2D eigenvalue weighted by atomic mass is 10.4. The first-order chi connectivity index (χ1) is 7.74. The van der Waals surface area contributed by atoms with Crippen LogP contribution in [-0.2, 0) is 4.74 Å². The van der Waals surface area contributed by atoms with Crippen LogP contribution < -0.4 is 10.6 Å². The molecule has 6 nitrogen and oxygen atoms in total. The summed E-state index contributed by atoms with van der Waals surface area (Å²) in [6.07, 6.45) is 0. The van der Waals surface area contributed by atoms with E-state index in [1.54, 1.807) is 7.11 Å². The zero-order valence-electron chi connectivity index (χ0n) is 10.1. The number of aromatic nitrogens is 3. The molecule has 0 amide bonds. The number of anilines is 1. The van der Waals surface area contributed by atoms with Crippen molar-refractivity contribution in [2.24, 2.45) is 0 Å². The second-order valence-corrected chi connectivity index (χ2v) is 3.48. The molecular weight excluding hydrogens is 206 g/mol. The van der Waals surface area contributed by atoms with Crippen molar-refractivity contribution >= 4 is 5.95 Å². The normalized spacial score (nSPS) is 10.4. The number of hydrogen-bond acceptors (Lipinski definition) is 6. The molecule has 0 radical (unpaired) electrons. The third kappa shape index (κ3) is 4.50. The van der Waals surface area contributed by atoms with E-state index in [0.29, 0.717) is 5.95 Å². The van der Waals surface area contributed by atoms with Gasteiger partial charge in [-0.05, 0) is 13.8 Å². The van der Waals surface area contributed by atoms with Gasteiger partial charge in [0.25, 0.3) is 0 Å². The molecule has 1 aromatic rings. The lowest BCUT2D eigenvalue weighted by Crippen LogP contribution is -2.26. The van der Waals surface area contributed by atoms with Gasteiger partial charge in [0.15, 0.2) is 0 Å². The Morgan fingerprint density at radius 2 is 1.88 bits per heavy atom. The van der Waals surface area contributed by atoms with Gasteiger partial charge in [-0.25, -0.2) is 4.98 Å². The Morgan fingerprint density at radius 1 is 1.06 bits per heavy atom. The van der Waals surface area contributed by atoms with Crippen LogP contribution in [0, 0.1) is 13.8 Å². The van der Waals surface area contributed by atoms with Crippen molar-refractivity contribution in [2.75, 3.05) is 38.7 Å². The highest BCUT2D eigenvalue weighted by Crippen LogP contribution is 2.00. The van der Waals surface area contributed by atoms with E-state index in [9.17, 15) is 0 Å². The highest BCUT2D eigenvalue weighted by molar-refractivity contribution is 5.24. The molecule has 0 aliphatic carbocycles. The smallest absolute Gasteiger partial charge is 0.243 e. The zero-order chi connectivity index (χ0) is 11.8. The largest absolute Gasteiger partial charge is 0.383 e. The van der Waals surface area contributed by atoms with Gasteiger partial charge >= 0.3 is 0 Å². The summed E-state index contributed by atoms with van der Waals surface area (Å²) in [7, 11) is 1.69. The van der Waals surface area contributed by atoms with Crippen LogP contribution in [0.5, 0.6) is 0 Å². The number of rotatable bonds is 7. The van der Waals surface area contributed by atoms with Gasteiger partial charge in [-0.3, -0.25) is 0 Å². The number of methoxy groups -OCH3 is 1. The molecule has 0 aliphatic heterocycles. The van der Waals surface area contributed by atoms with Gasteiger partial charge in [0.1, 0.15) is 0 Å². The zero-order valence-corrected chi connectivity index (χ0v) is 10.1. The average molecular weight is 225 g/mol. The molecule has 0 unspecified atom stereocenters. The van der Waals surface area contributed by atoms with E-state index in [1.807, 2.05) is 13.8 Å². The summed E-state index contributed by atoms with van der Waals surface area (Å²) in [6, 6.07) is 0. The number of hydrogen-bond donors (Lipinski definition) is 2. The van der Waals surface area contributed by atoms with Crippen molar-refractivity contribution in [3.8, 4) is 0 Å². The summed E-state index contributed by atoms with van der Waals surface area (Å²) in [4.78, 5) is 4.27. The average Bonchev–Trinajstić information content (AvgIpc) is 2.28. The van der Waals surface area contributed by atoms with Gasteiger partial charge in [0, 0.05) is 26.7 Å². The standard InChI is InChI=1S/C10H19N5O/c1-8-9(2)14-15-10(13-8)12-5-4-11-6-7-16-3/h11H,4-7H2,1-3H3,(H,12,13,15). The minimum atomic E-state index is 0.580. The summed E-state index contributed by atoms with van der Waals surface area (Å²) in [6.45, 7) is 7.01. The topological polar surface area (TPSA) is 72.0 Å². The van der Waals surface area contributed by atoms with Crippen LogP contribution in [0.25, 0.3) is 0 Å². The molecule has 1 heterocycles. The number of nitrogens with one attached hydrogen (secondary N) is 2. The number of ether oxygens (including phenoxy) is 1. The molecule has 0 atom stereocenters. The first kappa shape index (κ1) is 12.8. The Labute approximate surface area is 95.8 Å². The molecule has 0 spiro atoms. The molecule has 2 N–H and O–H groups in total. The third-order valence-corrected chi connectivity index (χ3v) is 2.16. The van der Waals surface area contributed by atoms with Gasteiger partial charge < -0.3 is 15.4 Å². The molecule has 6 heteroatoms. The molecule has 0 fully saturated rings. The van der Waals surface area contributed by atoms with Gasteiger partial charge in [0.2, 0.25) is 5.95 Å². The Kier molecular flexibility index (Phi) is 5.66. The second kappa shape index (κ2) is 7.08. The maximum Gasteiger partial charge on any atom is 0.243 e. The van der Waals surface area contributed by atoms with Crippen LogP contribution in [0.1, 0.15) is 11.4 Å². The van der Waals surface area contributed by atoms with Crippen molar-refractivity contribution in [3.05, 3.63) is 11.4 Å². The van der Waals surface area contributed by atoms with Crippen molar-refractivity contribution in [2.45, 2.75) is 13.8 Å². The van der Waals surface area contributed by atoms with Crippen molar-refractivity contribution < 1.29 is 4.74 Å². The van der Waals surface area contributed by atoms with E-state index in [-0.39, 0.29) is 0 Å². The quantitative estimate of drug-likeness (QED) is 0.643. The van der Waals surface area contributed by atoms with Gasteiger partial charge in [0.05, 0.1) is 18.0 Å². The van der Waals surface area contributed by atoms with Gasteiger partial charge in [-0.1, -0.05) is 0 Å². The predicted octanol–water partition coefficient (Wildman–Crippen LogP) is 0.136. The Balaban J connectivity index is 2.19. The summed E-state index contributed by atoms with van der Waals surface area (Å²) in [5.41, 5.74) is 1.77. The fourth-order valence-corrected chi connectivity index (χ4v) is 1.09. The van der Waals surface area contributed by atoms with Crippen LogP contribution in [0.3, 0.4) is 0 Å². The fraction of sp³-hybridized carbons (Fsp3) is 0.700. The maximum absolute atomic E-state index is 4.92. The van der Waals surface area contributed by atoms with Gasteiger partial charge in [-0.15, -0.1) is 5.10 Å². The summed E-state index contributed by atoms with van der Waals surface area (Å²) >= 11 is 0. The van der Waals surface area contributed by atoms with Crippen LogP contribution in [0.4, 0.5) is 5.95 Å². The third-order valence-electron chi connectivity index (χ3n) is 2.16. The molecule has 0 aromatic carbocycles. The van der Waals surface area contributed by atoms with E-state index in [1.165, 1.54) is 0 Å². The lowest BCUT2D eigenvalue weighted by molar-refractivity contribution is 0.200. The fourth-order valence-electron chi connectivity index (χ4n) is 1.09. The van der Waals surface area contributed by atoms with Crippen LogP contribution >= 0.6 is 0 Å². The summed E-state index contributed by atoms with van der Waals surface area (Å²) < 4.78 is 4.92. The maximum atomic E-state index is 4.92. The second-order valence-electron chi connectivity index (χ2n) is 3.48. The van der Waals surface area contributed by atoms with Crippen molar-refractivity contribution in [3.63, 3.8) is 0 Å². The monoisotopic (exact) mass is 225 g/mol.